The van der Waals surface area contributed by atoms with Gasteiger partial charge in [-0.15, -0.1) is 22.7 Å². The number of aliphatic hydroxyl groups excluding tert-OH is 1. The van der Waals surface area contributed by atoms with Crippen molar-refractivity contribution in [1.29, 1.82) is 0 Å². The topological polar surface area (TPSA) is 99.6 Å². The van der Waals surface area contributed by atoms with Crippen LogP contribution < -0.4 is 5.32 Å². The molecule has 0 aliphatic carbocycles. The van der Waals surface area contributed by atoms with Gasteiger partial charge in [0.2, 0.25) is 0 Å². The van der Waals surface area contributed by atoms with Crippen LogP contribution in [0.4, 0.5) is 5.13 Å². The van der Waals surface area contributed by atoms with Gasteiger partial charge in [-0.05, 0) is 13.0 Å². The maximum Gasteiger partial charge on any atom is 0.278 e. The third-order valence-electron chi connectivity index (χ3n) is 3.98. The highest BCUT2D eigenvalue weighted by Gasteiger charge is 2.40. The number of nitrogens with zero attached hydrogens (tertiary/aromatic N) is 2. The van der Waals surface area contributed by atoms with Crippen LogP contribution in [0.2, 0.25) is 0 Å². The summed E-state index contributed by atoms with van der Waals surface area (Å²) in [5, 5.41) is 14.1. The van der Waals surface area contributed by atoms with Gasteiger partial charge in [-0.1, -0.05) is 18.2 Å². The van der Waals surface area contributed by atoms with Crippen molar-refractivity contribution < 1.29 is 18.3 Å². The Kier molecular flexibility index (Phi) is 3.79. The first-order chi connectivity index (χ1) is 12.3. The summed E-state index contributed by atoms with van der Waals surface area (Å²) in [4.78, 5) is 17.8. The number of aryl methyl sites for hydroxylation is 1. The molecule has 0 fully saturated rings. The minimum Gasteiger partial charge on any atom is -0.504 e. The van der Waals surface area contributed by atoms with Crippen LogP contribution in [0.25, 0.3) is 15.8 Å². The quantitative estimate of drug-likeness (QED) is 0.680. The maximum absolute atomic E-state index is 13.0. The van der Waals surface area contributed by atoms with Crippen LogP contribution in [0, 0.1) is 6.92 Å². The van der Waals surface area contributed by atoms with E-state index < -0.39 is 15.9 Å². The Balaban J connectivity index is 1.89. The van der Waals surface area contributed by atoms with Crippen molar-refractivity contribution in [3.8, 4) is 0 Å². The van der Waals surface area contributed by atoms with Gasteiger partial charge >= 0.3 is 0 Å². The van der Waals surface area contributed by atoms with Crippen LogP contribution in [-0.4, -0.2) is 35.8 Å². The van der Waals surface area contributed by atoms with Crippen molar-refractivity contribution in [3.05, 3.63) is 45.9 Å². The van der Waals surface area contributed by atoms with Crippen molar-refractivity contribution in [2.75, 3.05) is 12.4 Å². The van der Waals surface area contributed by atoms with E-state index in [4.69, 9.17) is 0 Å². The number of anilines is 1. The number of thiazole rings is 1. The Morgan fingerprint density at radius 3 is 2.69 bits per heavy atom. The highest BCUT2D eigenvalue weighted by molar-refractivity contribution is 7.89. The zero-order chi connectivity index (χ0) is 18.6. The molecule has 0 radical (unpaired) electrons. The number of benzene rings is 1. The monoisotopic (exact) mass is 407 g/mol. The molecule has 134 valence electrons. The number of aliphatic hydroxyl groups is 1. The molecule has 0 bridgehead atoms. The number of nitrogens with one attached hydrogen (secondary N) is 1. The number of hydrogen-bond donors (Lipinski definition) is 2. The van der Waals surface area contributed by atoms with Crippen LogP contribution in [0.1, 0.15) is 9.75 Å². The molecule has 4 rings (SSSR count). The van der Waals surface area contributed by atoms with Gasteiger partial charge in [0.25, 0.3) is 15.9 Å². The summed E-state index contributed by atoms with van der Waals surface area (Å²) in [6.07, 6.45) is 1.60. The van der Waals surface area contributed by atoms with Gasteiger partial charge in [0, 0.05) is 28.2 Å². The van der Waals surface area contributed by atoms with E-state index in [0.717, 1.165) is 25.2 Å². The highest BCUT2D eigenvalue weighted by Crippen LogP contribution is 2.44. The molecule has 26 heavy (non-hydrogen) atoms. The fourth-order valence-electron chi connectivity index (χ4n) is 2.77. The molecule has 10 heteroatoms. The number of rotatable bonds is 2. The van der Waals surface area contributed by atoms with Crippen molar-refractivity contribution in [2.45, 2.75) is 11.8 Å². The molecule has 0 saturated carbocycles. The molecule has 1 aliphatic heterocycles. The third-order valence-corrected chi connectivity index (χ3v) is 7.96. The first-order valence-corrected chi connectivity index (χ1v) is 10.6. The van der Waals surface area contributed by atoms with Crippen LogP contribution in [-0.2, 0) is 14.8 Å². The minimum atomic E-state index is -3.97. The molecule has 0 unspecified atom stereocenters. The second kappa shape index (κ2) is 5.79. The molecule has 0 spiro atoms. The van der Waals surface area contributed by atoms with Crippen LogP contribution >= 0.6 is 22.7 Å². The van der Waals surface area contributed by atoms with E-state index in [2.05, 4.69) is 10.3 Å². The molecule has 0 atom stereocenters. The summed E-state index contributed by atoms with van der Waals surface area (Å²) in [5.74, 6) is -1.09. The maximum atomic E-state index is 13.0. The van der Waals surface area contributed by atoms with Gasteiger partial charge in [-0.25, -0.2) is 13.4 Å². The highest BCUT2D eigenvalue weighted by atomic mass is 32.2. The van der Waals surface area contributed by atoms with E-state index in [9.17, 15) is 18.3 Å². The lowest BCUT2D eigenvalue weighted by atomic mass is 10.2. The van der Waals surface area contributed by atoms with Crippen molar-refractivity contribution in [2.24, 2.45) is 0 Å². The van der Waals surface area contributed by atoms with E-state index in [-0.39, 0.29) is 21.2 Å². The zero-order valence-corrected chi connectivity index (χ0v) is 16.1. The van der Waals surface area contributed by atoms with Gasteiger partial charge in [0.15, 0.2) is 16.6 Å². The molecule has 0 saturated heterocycles. The van der Waals surface area contributed by atoms with Crippen LogP contribution in [0.5, 0.6) is 0 Å². The number of sulfonamides is 1. The Hall–Kier alpha value is -2.43. The largest absolute Gasteiger partial charge is 0.504 e. The number of likely N-dealkylation sites (N-methyl/N-ethyl adjacent to an activating group) is 1. The summed E-state index contributed by atoms with van der Waals surface area (Å²) < 4.78 is 27.5. The number of aromatic nitrogens is 1. The van der Waals surface area contributed by atoms with E-state index in [1.165, 1.54) is 18.4 Å². The fourth-order valence-corrected chi connectivity index (χ4v) is 6.45. The Bertz CT molecular complexity index is 1190. The molecule has 7 nitrogen and oxygen atoms in total. The van der Waals surface area contributed by atoms with Crippen LogP contribution in [0.3, 0.4) is 0 Å². The molecule has 1 amide bonds. The molecule has 2 N–H and O–H groups in total. The van der Waals surface area contributed by atoms with E-state index in [0.29, 0.717) is 10.5 Å². The second-order valence-electron chi connectivity index (χ2n) is 5.66. The van der Waals surface area contributed by atoms with Gasteiger partial charge in [0.1, 0.15) is 4.90 Å². The van der Waals surface area contributed by atoms with Crippen molar-refractivity contribution in [3.63, 3.8) is 0 Å². The number of carbonyl (C=O) groups is 1. The number of thiophene rings is 1. The van der Waals surface area contributed by atoms with E-state index in [1.54, 1.807) is 30.5 Å². The molecule has 3 heterocycles. The average Bonchev–Trinajstić information content (AvgIpc) is 3.17. The lowest BCUT2D eigenvalue weighted by Gasteiger charge is -2.26. The predicted molar refractivity (Wildman–Crippen MR) is 102 cm³/mol. The van der Waals surface area contributed by atoms with Crippen molar-refractivity contribution in [1.82, 2.24) is 9.29 Å². The molecule has 1 aliphatic rings. The summed E-state index contributed by atoms with van der Waals surface area (Å²) in [5.41, 5.74) is -0.322. The van der Waals surface area contributed by atoms with Gasteiger partial charge < -0.3 is 5.11 Å². The zero-order valence-electron chi connectivity index (χ0n) is 13.7. The SMILES string of the molecule is Cc1cnc(NC(=O)C2=C(O)c3sc4ccccc4c3S(=O)(=O)N2C)s1. The number of amides is 1. The predicted octanol–water partition coefficient (Wildman–Crippen LogP) is 3.17. The summed E-state index contributed by atoms with van der Waals surface area (Å²) >= 11 is 2.40. The van der Waals surface area contributed by atoms with Crippen LogP contribution in [0.15, 0.2) is 41.1 Å². The first-order valence-electron chi connectivity index (χ1n) is 7.48. The smallest absolute Gasteiger partial charge is 0.278 e. The second-order valence-corrected chi connectivity index (χ2v) is 9.85. The molecule has 2 aromatic heterocycles. The molecule has 3 aromatic rings. The molecular formula is C16H13N3O4S3. The lowest BCUT2D eigenvalue weighted by Crippen LogP contribution is -2.36. The minimum absolute atomic E-state index is 0.0275. The van der Waals surface area contributed by atoms with Crippen molar-refractivity contribution >= 4 is 59.6 Å². The van der Waals surface area contributed by atoms with Gasteiger partial charge in [-0.2, -0.15) is 0 Å². The third kappa shape index (κ3) is 2.41. The Labute approximate surface area is 157 Å². The summed E-state index contributed by atoms with van der Waals surface area (Å²) in [6, 6.07) is 6.99. The summed E-state index contributed by atoms with van der Waals surface area (Å²) in [6.45, 7) is 1.84. The van der Waals surface area contributed by atoms with E-state index >= 15 is 0 Å². The average molecular weight is 407 g/mol. The van der Waals surface area contributed by atoms with E-state index in [1.807, 2.05) is 6.92 Å². The van der Waals surface area contributed by atoms with Gasteiger partial charge in [-0.3, -0.25) is 14.4 Å². The molecular weight excluding hydrogens is 394 g/mol. The number of carbonyl (C=O) groups excluding carboxylic acids is 1. The Morgan fingerprint density at radius 2 is 2.00 bits per heavy atom. The first kappa shape index (κ1) is 17.0. The lowest BCUT2D eigenvalue weighted by molar-refractivity contribution is -0.113. The fraction of sp³-hybridized carbons (Fsp3) is 0.125. The Morgan fingerprint density at radius 1 is 1.27 bits per heavy atom. The number of fused-ring (bicyclic) bond motifs is 3. The normalized spacial score (nSPS) is 16.0. The standard InChI is InChI=1S/C16H13N3O4S3/c1-8-7-17-16(24-8)18-15(21)11-12(20)13-14(26(22,23)19(11)2)9-5-3-4-6-10(9)25-13/h3-7,20H,1-2H3,(H,17,18,21). The van der Waals surface area contributed by atoms with Gasteiger partial charge in [0.05, 0.1) is 4.88 Å². The molecule has 1 aromatic carbocycles. The number of hydrogen-bond acceptors (Lipinski definition) is 7. The summed E-state index contributed by atoms with van der Waals surface area (Å²) in [7, 11) is -2.72.